The van der Waals surface area contributed by atoms with Crippen molar-refractivity contribution in [2.24, 2.45) is 0 Å². The van der Waals surface area contributed by atoms with E-state index in [4.69, 9.17) is 23.2 Å². The summed E-state index contributed by atoms with van der Waals surface area (Å²) in [7, 11) is 0. The summed E-state index contributed by atoms with van der Waals surface area (Å²) < 4.78 is 0. The second kappa shape index (κ2) is 7.13. The van der Waals surface area contributed by atoms with Gasteiger partial charge in [-0.3, -0.25) is 4.79 Å². The van der Waals surface area contributed by atoms with Crippen LogP contribution in [0.25, 0.3) is 0 Å². The minimum Gasteiger partial charge on any atom is -0.349 e. The van der Waals surface area contributed by atoms with Crippen molar-refractivity contribution in [1.29, 1.82) is 0 Å². The molecular weight excluding hydrogens is 283 g/mol. The van der Waals surface area contributed by atoms with Crippen LogP contribution in [0, 0.1) is 0 Å². The van der Waals surface area contributed by atoms with Gasteiger partial charge in [0.1, 0.15) is 11.9 Å². The fourth-order valence-electron chi connectivity index (χ4n) is 2.67. The van der Waals surface area contributed by atoms with Gasteiger partial charge >= 0.3 is 0 Å². The van der Waals surface area contributed by atoms with Crippen molar-refractivity contribution in [3.8, 4) is 0 Å². The minimum atomic E-state index is -0.127. The number of nitrogens with one attached hydrogen (secondary N) is 2. The molecule has 0 unspecified atom stereocenters. The van der Waals surface area contributed by atoms with Crippen LogP contribution in [0.1, 0.15) is 24.4 Å². The number of likely N-dealkylation sites (tertiary alicyclic amines) is 1. The Kier molecular flexibility index (Phi) is 5.49. The molecule has 1 aromatic rings. The Labute approximate surface area is 123 Å². The normalized spacial score (nSPS) is 17.4. The summed E-state index contributed by atoms with van der Waals surface area (Å²) in [6.45, 7) is 2.85. The molecule has 0 saturated carbocycles. The number of carbonyl (C=O) groups excluding carboxylic acids is 1. The molecule has 3 nitrogen and oxygen atoms in total. The van der Waals surface area contributed by atoms with Gasteiger partial charge < -0.3 is 10.2 Å². The maximum atomic E-state index is 11.4. The van der Waals surface area contributed by atoms with E-state index in [1.54, 1.807) is 0 Å². The Morgan fingerprint density at radius 1 is 1.32 bits per heavy atom. The van der Waals surface area contributed by atoms with Crippen molar-refractivity contribution in [3.63, 3.8) is 0 Å². The van der Waals surface area contributed by atoms with Gasteiger partial charge in [0.05, 0.1) is 19.6 Å². The highest BCUT2D eigenvalue weighted by molar-refractivity contribution is 6.31. The first-order valence-electron chi connectivity index (χ1n) is 6.64. The first-order chi connectivity index (χ1) is 9.22. The van der Waals surface area contributed by atoms with Crippen molar-refractivity contribution < 1.29 is 9.69 Å². The Morgan fingerprint density at radius 3 is 2.63 bits per heavy atom. The Balaban J connectivity index is 2.14. The van der Waals surface area contributed by atoms with E-state index in [-0.39, 0.29) is 17.8 Å². The third-order valence-electron chi connectivity index (χ3n) is 3.64. The predicted octanol–water partition coefficient (Wildman–Crippen LogP) is 1.41. The first kappa shape index (κ1) is 14.6. The SMILES string of the molecule is O=C(CCl)NC[C@H](c1ccccc1Cl)[NH+]1CCCC1. The van der Waals surface area contributed by atoms with Crippen LogP contribution in [-0.2, 0) is 4.79 Å². The third kappa shape index (κ3) is 3.85. The molecule has 0 bridgehead atoms. The van der Waals surface area contributed by atoms with Crippen molar-refractivity contribution in [2.45, 2.75) is 18.9 Å². The van der Waals surface area contributed by atoms with Gasteiger partial charge in [0.15, 0.2) is 0 Å². The van der Waals surface area contributed by atoms with Gasteiger partial charge in [0.25, 0.3) is 0 Å². The third-order valence-corrected chi connectivity index (χ3v) is 4.23. The number of amides is 1. The smallest absolute Gasteiger partial charge is 0.235 e. The van der Waals surface area contributed by atoms with Gasteiger partial charge in [-0.1, -0.05) is 29.8 Å². The molecule has 1 aliphatic rings. The van der Waals surface area contributed by atoms with Gasteiger partial charge in [-0.05, 0) is 6.07 Å². The zero-order valence-corrected chi connectivity index (χ0v) is 12.3. The van der Waals surface area contributed by atoms with Crippen LogP contribution >= 0.6 is 23.2 Å². The molecule has 5 heteroatoms. The molecule has 0 aromatic heterocycles. The Hall–Kier alpha value is -0.770. The Bertz CT molecular complexity index is 433. The highest BCUT2D eigenvalue weighted by Crippen LogP contribution is 2.21. The molecule has 1 aliphatic heterocycles. The lowest BCUT2D eigenvalue weighted by Crippen LogP contribution is -3.11. The molecule has 1 heterocycles. The first-order valence-corrected chi connectivity index (χ1v) is 7.55. The van der Waals surface area contributed by atoms with Gasteiger partial charge in [-0.25, -0.2) is 0 Å². The fourth-order valence-corrected chi connectivity index (χ4v) is 3.03. The van der Waals surface area contributed by atoms with Crippen molar-refractivity contribution in [3.05, 3.63) is 34.9 Å². The number of hydrogen-bond acceptors (Lipinski definition) is 1. The van der Waals surface area contributed by atoms with E-state index >= 15 is 0 Å². The summed E-state index contributed by atoms with van der Waals surface area (Å²) >= 11 is 11.8. The van der Waals surface area contributed by atoms with Crippen LogP contribution in [0.4, 0.5) is 0 Å². The van der Waals surface area contributed by atoms with Crippen molar-refractivity contribution in [2.75, 3.05) is 25.5 Å². The molecule has 2 rings (SSSR count). The number of halogens is 2. The van der Waals surface area contributed by atoms with E-state index in [1.165, 1.54) is 17.7 Å². The van der Waals surface area contributed by atoms with Crippen LogP contribution in [0.2, 0.25) is 5.02 Å². The second-order valence-corrected chi connectivity index (χ2v) is 5.55. The molecule has 1 aromatic carbocycles. The molecule has 0 spiro atoms. The topological polar surface area (TPSA) is 33.5 Å². The summed E-state index contributed by atoms with van der Waals surface area (Å²) in [5.41, 5.74) is 1.11. The average molecular weight is 302 g/mol. The lowest BCUT2D eigenvalue weighted by Gasteiger charge is -2.25. The van der Waals surface area contributed by atoms with Crippen LogP contribution in [0.5, 0.6) is 0 Å². The largest absolute Gasteiger partial charge is 0.349 e. The van der Waals surface area contributed by atoms with Crippen molar-refractivity contribution >= 4 is 29.1 Å². The maximum Gasteiger partial charge on any atom is 0.235 e. The quantitative estimate of drug-likeness (QED) is 0.792. The minimum absolute atomic E-state index is 0.00454. The number of alkyl halides is 1. The summed E-state index contributed by atoms with van der Waals surface area (Å²) in [5.74, 6) is -0.123. The summed E-state index contributed by atoms with van der Waals surface area (Å²) in [4.78, 5) is 12.9. The highest BCUT2D eigenvalue weighted by Gasteiger charge is 2.28. The molecule has 0 radical (unpaired) electrons. The lowest BCUT2D eigenvalue weighted by molar-refractivity contribution is -0.918. The number of carbonyl (C=O) groups is 1. The van der Waals surface area contributed by atoms with E-state index in [9.17, 15) is 4.79 Å². The van der Waals surface area contributed by atoms with Crippen molar-refractivity contribution in [1.82, 2.24) is 5.32 Å². The molecule has 1 atom stereocenters. The van der Waals surface area contributed by atoms with Gasteiger partial charge in [0.2, 0.25) is 5.91 Å². The molecule has 1 fully saturated rings. The summed E-state index contributed by atoms with van der Waals surface area (Å²) in [6.07, 6.45) is 2.47. The lowest BCUT2D eigenvalue weighted by atomic mass is 10.1. The Morgan fingerprint density at radius 2 is 2.00 bits per heavy atom. The zero-order chi connectivity index (χ0) is 13.7. The zero-order valence-electron chi connectivity index (χ0n) is 10.8. The van der Waals surface area contributed by atoms with E-state index in [0.717, 1.165) is 23.7 Å². The molecule has 2 N–H and O–H groups in total. The van der Waals surface area contributed by atoms with E-state index in [2.05, 4.69) is 5.32 Å². The van der Waals surface area contributed by atoms with Gasteiger partial charge in [0, 0.05) is 23.4 Å². The van der Waals surface area contributed by atoms with Crippen LogP contribution in [-0.4, -0.2) is 31.4 Å². The van der Waals surface area contributed by atoms with E-state index in [1.807, 2.05) is 24.3 Å². The number of rotatable bonds is 5. The van der Waals surface area contributed by atoms with Crippen LogP contribution < -0.4 is 10.2 Å². The number of hydrogen-bond donors (Lipinski definition) is 2. The molecule has 19 heavy (non-hydrogen) atoms. The summed E-state index contributed by atoms with van der Waals surface area (Å²) in [5, 5.41) is 3.66. The second-order valence-electron chi connectivity index (χ2n) is 4.88. The molecule has 1 saturated heterocycles. The average Bonchev–Trinajstić information content (AvgIpc) is 2.94. The fraction of sp³-hybridized carbons (Fsp3) is 0.500. The number of benzene rings is 1. The maximum absolute atomic E-state index is 11.4. The van der Waals surface area contributed by atoms with Gasteiger partial charge in [-0.15, -0.1) is 11.6 Å². The van der Waals surface area contributed by atoms with Crippen LogP contribution in [0.3, 0.4) is 0 Å². The summed E-state index contributed by atoms with van der Waals surface area (Å²) in [6, 6.07) is 8.09. The standard InChI is InChI=1S/C14H18Cl2N2O/c15-9-14(19)17-10-13(18-7-3-4-8-18)11-5-1-2-6-12(11)16/h1-2,5-6,13H,3-4,7-10H2,(H,17,19)/p+1/t13-/m1/s1. The molecular formula is C14H19Cl2N2O+. The molecule has 0 aliphatic carbocycles. The molecule has 104 valence electrons. The monoisotopic (exact) mass is 301 g/mol. The highest BCUT2D eigenvalue weighted by atomic mass is 35.5. The van der Waals surface area contributed by atoms with Crippen LogP contribution in [0.15, 0.2) is 24.3 Å². The van der Waals surface area contributed by atoms with E-state index in [0.29, 0.717) is 6.54 Å². The number of quaternary nitrogens is 1. The van der Waals surface area contributed by atoms with Gasteiger partial charge in [-0.2, -0.15) is 0 Å². The van der Waals surface area contributed by atoms with E-state index < -0.39 is 0 Å². The molecule has 1 amide bonds. The predicted molar refractivity (Wildman–Crippen MR) is 77.9 cm³/mol.